The molecule has 2 atom stereocenters. The van der Waals surface area contributed by atoms with E-state index in [9.17, 15) is 18.8 Å². The topological polar surface area (TPSA) is 175 Å². The fourth-order valence-corrected chi connectivity index (χ4v) is 5.39. The number of likely N-dealkylation sites (tertiary alicyclic amines) is 1. The van der Waals surface area contributed by atoms with Crippen molar-refractivity contribution in [1.29, 1.82) is 0 Å². The van der Waals surface area contributed by atoms with E-state index in [1.165, 1.54) is 12.1 Å². The number of hydrogen-bond donors (Lipinski definition) is 4. The molecule has 1 amide bonds. The van der Waals surface area contributed by atoms with Crippen LogP contribution in [0.4, 0.5) is 4.39 Å². The molecule has 0 spiro atoms. The smallest absolute Gasteiger partial charge is 0.335 e. The lowest BCUT2D eigenvalue weighted by atomic mass is 10.0. The molecule has 2 aliphatic heterocycles. The molecule has 2 unspecified atom stereocenters. The molecule has 3 heterocycles. The van der Waals surface area contributed by atoms with Crippen molar-refractivity contribution in [2.45, 2.75) is 63.2 Å². The van der Waals surface area contributed by atoms with Gasteiger partial charge in [0.15, 0.2) is 18.5 Å². The second kappa shape index (κ2) is 17.6. The Morgan fingerprint density at radius 2 is 1.51 bits per heavy atom. The third kappa shape index (κ3) is 10.9. The van der Waals surface area contributed by atoms with Crippen LogP contribution < -0.4 is 0 Å². The first-order chi connectivity index (χ1) is 22.6. The van der Waals surface area contributed by atoms with Crippen molar-refractivity contribution in [2.75, 3.05) is 32.8 Å². The summed E-state index contributed by atoms with van der Waals surface area (Å²) in [6, 6.07) is 16.4. The Balaban J connectivity index is 0.000000434. The zero-order valence-corrected chi connectivity index (χ0v) is 25.9. The molecule has 14 heteroatoms. The highest BCUT2D eigenvalue weighted by atomic mass is 19.1. The fraction of sp³-hybridized carbons (Fsp3) is 0.455. The molecule has 13 nitrogen and oxygen atoms in total. The van der Waals surface area contributed by atoms with Gasteiger partial charge >= 0.3 is 11.9 Å². The number of aliphatic hydroxyl groups excluding tert-OH is 2. The van der Waals surface area contributed by atoms with Crippen molar-refractivity contribution in [3.8, 4) is 5.69 Å². The molecule has 4 N–H and O–H groups in total. The molecule has 0 radical (unpaired) electrons. The monoisotopic (exact) mass is 656 g/mol. The van der Waals surface area contributed by atoms with E-state index in [-0.39, 0.29) is 24.1 Å². The third-order valence-electron chi connectivity index (χ3n) is 8.03. The zero-order chi connectivity index (χ0) is 33.8. The molecule has 2 aliphatic rings. The number of carboxylic acids is 2. The van der Waals surface area contributed by atoms with Crippen LogP contribution in [-0.2, 0) is 36.8 Å². The molecule has 0 bridgehead atoms. The summed E-state index contributed by atoms with van der Waals surface area (Å²) < 4.78 is 26.7. The average Bonchev–Trinajstić information content (AvgIpc) is 3.63. The number of piperidine rings is 1. The maximum Gasteiger partial charge on any atom is 0.335 e. The Morgan fingerprint density at radius 1 is 0.915 bits per heavy atom. The maximum absolute atomic E-state index is 13.6. The lowest BCUT2D eigenvalue weighted by molar-refractivity contribution is -0.183. The molecule has 2 fully saturated rings. The van der Waals surface area contributed by atoms with E-state index < -0.39 is 24.1 Å². The SMILES string of the molecule is O=C(Cc1ccc(-n2cccn2)cc1)N(Cc1ccc(F)cc1)C1CCN(CCC2OCCCO2)CC1.O=C(O)C(O)C(O)C(=O)O. The minimum Gasteiger partial charge on any atom is -0.479 e. The van der Waals surface area contributed by atoms with Gasteiger partial charge in [-0.15, -0.1) is 0 Å². The Morgan fingerprint density at radius 3 is 2.06 bits per heavy atom. The van der Waals surface area contributed by atoms with E-state index in [2.05, 4.69) is 10.00 Å². The second-order valence-electron chi connectivity index (χ2n) is 11.4. The number of aliphatic carboxylic acids is 2. The fourth-order valence-electron chi connectivity index (χ4n) is 5.39. The van der Waals surface area contributed by atoms with Gasteiger partial charge in [0.25, 0.3) is 0 Å². The summed E-state index contributed by atoms with van der Waals surface area (Å²) in [5.41, 5.74) is 2.87. The minimum absolute atomic E-state index is 0.0947. The quantitative estimate of drug-likeness (QED) is 0.225. The zero-order valence-electron chi connectivity index (χ0n) is 25.9. The number of hydrogen-bond acceptors (Lipinski definition) is 9. The molecule has 2 aromatic carbocycles. The van der Waals surface area contributed by atoms with Crippen molar-refractivity contribution < 1.29 is 48.7 Å². The predicted octanol–water partition coefficient (Wildman–Crippen LogP) is 2.08. The number of nitrogens with zero attached hydrogens (tertiary/aromatic N) is 4. The van der Waals surface area contributed by atoms with Crippen molar-refractivity contribution >= 4 is 17.8 Å². The van der Waals surface area contributed by atoms with E-state index >= 15 is 0 Å². The molecule has 5 rings (SSSR count). The number of aromatic nitrogens is 2. The van der Waals surface area contributed by atoms with Gasteiger partial charge in [-0.05, 0) is 60.7 Å². The Hall–Kier alpha value is -4.21. The number of aliphatic hydroxyl groups is 2. The van der Waals surface area contributed by atoms with Crippen molar-refractivity contribution in [2.24, 2.45) is 0 Å². The molecule has 254 valence electrons. The molecule has 0 saturated carbocycles. The summed E-state index contributed by atoms with van der Waals surface area (Å²) in [5.74, 6) is -3.71. The summed E-state index contributed by atoms with van der Waals surface area (Å²) in [5, 5.41) is 36.8. The highest BCUT2D eigenvalue weighted by Gasteiger charge is 2.30. The predicted molar refractivity (Wildman–Crippen MR) is 166 cm³/mol. The normalized spacial score (nSPS) is 17.3. The Labute approximate surface area is 271 Å². The molecule has 47 heavy (non-hydrogen) atoms. The standard InChI is InChI=1S/C29H35FN4O3.C4H6O6/c30-25-7-3-24(4-8-25)22-33(26-11-16-32(17-12-26)18-13-29-36-19-2-20-37-29)28(35)21-23-5-9-27(10-6-23)34-15-1-14-31-34;5-1(3(7)8)2(6)4(9)10/h1,3-10,14-15,26,29H,2,11-13,16-22H2;1-2,5-6H,(H,7,8)(H,9,10). The number of carboxylic acid groups (broad SMARTS) is 2. The van der Waals surface area contributed by atoms with Gasteiger partial charge < -0.3 is 39.7 Å². The molecular formula is C33H41FN4O9. The summed E-state index contributed by atoms with van der Waals surface area (Å²) in [4.78, 5) is 37.6. The summed E-state index contributed by atoms with van der Waals surface area (Å²) >= 11 is 0. The highest BCUT2D eigenvalue weighted by molar-refractivity contribution is 5.83. The van der Waals surface area contributed by atoms with Gasteiger partial charge in [0.2, 0.25) is 5.91 Å². The lowest BCUT2D eigenvalue weighted by Crippen LogP contribution is -2.48. The van der Waals surface area contributed by atoms with E-state index in [0.29, 0.717) is 13.0 Å². The first-order valence-electron chi connectivity index (χ1n) is 15.5. The van der Waals surface area contributed by atoms with Gasteiger partial charge in [-0.1, -0.05) is 24.3 Å². The van der Waals surface area contributed by atoms with Crippen LogP contribution in [0.5, 0.6) is 0 Å². The van der Waals surface area contributed by atoms with Crippen molar-refractivity contribution in [1.82, 2.24) is 19.6 Å². The van der Waals surface area contributed by atoms with E-state index in [4.69, 9.17) is 29.9 Å². The number of rotatable bonds is 12. The van der Waals surface area contributed by atoms with Crippen molar-refractivity contribution in [3.63, 3.8) is 0 Å². The first kappa shape index (κ1) is 35.6. The maximum atomic E-state index is 13.6. The molecular weight excluding hydrogens is 615 g/mol. The summed E-state index contributed by atoms with van der Waals surface area (Å²) in [7, 11) is 0. The lowest BCUT2D eigenvalue weighted by Gasteiger charge is -2.39. The average molecular weight is 657 g/mol. The second-order valence-corrected chi connectivity index (χ2v) is 11.4. The van der Waals surface area contributed by atoms with Crippen LogP contribution in [0.15, 0.2) is 67.0 Å². The van der Waals surface area contributed by atoms with Crippen LogP contribution in [-0.4, -0.2) is 115 Å². The number of halogens is 1. The van der Waals surface area contributed by atoms with Crippen LogP contribution >= 0.6 is 0 Å². The number of carbonyl (C=O) groups excluding carboxylic acids is 1. The van der Waals surface area contributed by atoms with E-state index in [0.717, 1.165) is 75.3 Å². The van der Waals surface area contributed by atoms with Gasteiger partial charge in [-0.3, -0.25) is 4.79 Å². The minimum atomic E-state index is -2.27. The summed E-state index contributed by atoms with van der Waals surface area (Å²) in [6.07, 6.45) is 3.01. The first-order valence-corrected chi connectivity index (χ1v) is 15.5. The van der Waals surface area contributed by atoms with Gasteiger partial charge in [0, 0.05) is 51.0 Å². The molecule has 1 aromatic heterocycles. The van der Waals surface area contributed by atoms with Gasteiger partial charge in [-0.25, -0.2) is 18.7 Å². The number of ether oxygens (including phenoxy) is 2. The number of benzene rings is 2. The largest absolute Gasteiger partial charge is 0.479 e. The van der Waals surface area contributed by atoms with Gasteiger partial charge in [0.05, 0.1) is 25.3 Å². The van der Waals surface area contributed by atoms with Gasteiger partial charge in [-0.2, -0.15) is 5.10 Å². The third-order valence-corrected chi connectivity index (χ3v) is 8.03. The van der Waals surface area contributed by atoms with Crippen LogP contribution in [0.1, 0.15) is 36.8 Å². The van der Waals surface area contributed by atoms with E-state index in [1.807, 2.05) is 41.4 Å². The molecule has 3 aromatic rings. The number of carbonyl (C=O) groups is 3. The Kier molecular flexibility index (Phi) is 13.4. The number of amides is 1. The van der Waals surface area contributed by atoms with Crippen LogP contribution in [0.25, 0.3) is 5.69 Å². The van der Waals surface area contributed by atoms with Gasteiger partial charge in [0.1, 0.15) is 5.82 Å². The van der Waals surface area contributed by atoms with Crippen LogP contribution in [0.2, 0.25) is 0 Å². The Bertz CT molecular complexity index is 1390. The molecule has 0 aliphatic carbocycles. The van der Waals surface area contributed by atoms with Crippen LogP contribution in [0.3, 0.4) is 0 Å². The van der Waals surface area contributed by atoms with E-state index in [1.54, 1.807) is 23.0 Å². The molecule has 2 saturated heterocycles. The van der Waals surface area contributed by atoms with Crippen molar-refractivity contribution in [3.05, 3.63) is 83.9 Å². The highest BCUT2D eigenvalue weighted by Crippen LogP contribution is 2.22. The van der Waals surface area contributed by atoms with Crippen LogP contribution in [0, 0.1) is 5.82 Å². The summed E-state index contributed by atoms with van der Waals surface area (Å²) in [6.45, 7) is 4.84.